The van der Waals surface area contributed by atoms with E-state index in [9.17, 15) is 8.42 Å². The molecule has 1 N–H and O–H groups in total. The summed E-state index contributed by atoms with van der Waals surface area (Å²) >= 11 is 0. The third-order valence-corrected chi connectivity index (χ3v) is 4.38. The van der Waals surface area contributed by atoms with E-state index in [0.717, 1.165) is 6.42 Å². The predicted molar refractivity (Wildman–Crippen MR) is 67.5 cm³/mol. The van der Waals surface area contributed by atoms with Crippen LogP contribution >= 0.6 is 0 Å². The fourth-order valence-electron chi connectivity index (χ4n) is 1.61. The van der Waals surface area contributed by atoms with Gasteiger partial charge in [-0.2, -0.15) is 0 Å². The number of fused-ring (bicyclic) bond motifs is 1. The van der Waals surface area contributed by atoms with Gasteiger partial charge >= 0.3 is 0 Å². The molecule has 0 unspecified atom stereocenters. The van der Waals surface area contributed by atoms with E-state index in [1.807, 2.05) is 13.8 Å². The van der Waals surface area contributed by atoms with Crippen molar-refractivity contribution in [1.82, 2.24) is 4.72 Å². The van der Waals surface area contributed by atoms with Gasteiger partial charge in [-0.05, 0) is 25.5 Å². The predicted octanol–water partition coefficient (Wildman–Crippen LogP) is 1.53. The maximum atomic E-state index is 12.1. The van der Waals surface area contributed by atoms with Crippen LogP contribution in [0.4, 0.5) is 0 Å². The number of sulfonamides is 1. The molecule has 0 amide bonds. The first kappa shape index (κ1) is 13.2. The minimum atomic E-state index is -3.49. The number of benzene rings is 1. The van der Waals surface area contributed by atoms with Crippen LogP contribution in [-0.2, 0) is 10.0 Å². The lowest BCUT2D eigenvalue weighted by Gasteiger charge is -2.19. The van der Waals surface area contributed by atoms with Gasteiger partial charge in [0.2, 0.25) is 10.0 Å². The minimum Gasteiger partial charge on any atom is -0.486 e. The van der Waals surface area contributed by atoms with Gasteiger partial charge in [-0.3, -0.25) is 0 Å². The Balaban J connectivity index is 2.28. The Hall–Kier alpha value is -1.27. The van der Waals surface area contributed by atoms with E-state index >= 15 is 0 Å². The maximum absolute atomic E-state index is 12.1. The van der Waals surface area contributed by atoms with E-state index in [0.29, 0.717) is 24.7 Å². The quantitative estimate of drug-likeness (QED) is 0.902. The molecule has 5 nitrogen and oxygen atoms in total. The molecule has 1 aliphatic rings. The molecule has 6 heteroatoms. The molecular weight excluding hydrogens is 254 g/mol. The summed E-state index contributed by atoms with van der Waals surface area (Å²) in [6.07, 6.45) is 0.740. The molecule has 0 radical (unpaired) electrons. The van der Waals surface area contributed by atoms with Crippen molar-refractivity contribution < 1.29 is 17.9 Å². The van der Waals surface area contributed by atoms with Gasteiger partial charge < -0.3 is 9.47 Å². The molecule has 2 rings (SSSR count). The Morgan fingerprint density at radius 1 is 1.28 bits per heavy atom. The van der Waals surface area contributed by atoms with Crippen LogP contribution < -0.4 is 14.2 Å². The summed E-state index contributed by atoms with van der Waals surface area (Å²) in [5.41, 5.74) is 0. The molecule has 0 fully saturated rings. The molecule has 0 spiro atoms. The molecule has 18 heavy (non-hydrogen) atoms. The summed E-state index contributed by atoms with van der Waals surface area (Å²) < 4.78 is 37.5. The van der Waals surface area contributed by atoms with Crippen molar-refractivity contribution in [3.05, 3.63) is 18.2 Å². The topological polar surface area (TPSA) is 64.6 Å². The Bertz CT molecular complexity index is 527. The van der Waals surface area contributed by atoms with E-state index in [4.69, 9.17) is 9.47 Å². The summed E-state index contributed by atoms with van der Waals surface area (Å²) in [5.74, 6) is 1.07. The van der Waals surface area contributed by atoms with Crippen LogP contribution in [0.25, 0.3) is 0 Å². The third-order valence-electron chi connectivity index (χ3n) is 2.79. The second kappa shape index (κ2) is 5.16. The van der Waals surface area contributed by atoms with Crippen molar-refractivity contribution in [3.8, 4) is 11.5 Å². The highest BCUT2D eigenvalue weighted by atomic mass is 32.2. The zero-order valence-electron chi connectivity index (χ0n) is 10.5. The van der Waals surface area contributed by atoms with E-state index in [1.54, 1.807) is 6.07 Å². The van der Waals surface area contributed by atoms with Crippen LogP contribution in [0.15, 0.2) is 23.1 Å². The molecule has 1 atom stereocenters. The molecular formula is C12H17NO4S. The first-order valence-corrected chi connectivity index (χ1v) is 7.43. The zero-order chi connectivity index (χ0) is 13.2. The van der Waals surface area contributed by atoms with E-state index in [2.05, 4.69) is 4.72 Å². The SMILES string of the molecule is CC[C@@H](C)NS(=O)(=O)c1ccc2c(c1)OCCO2. The number of nitrogens with one attached hydrogen (secondary N) is 1. The average Bonchev–Trinajstić information content (AvgIpc) is 2.37. The minimum absolute atomic E-state index is 0.0943. The summed E-state index contributed by atoms with van der Waals surface area (Å²) in [7, 11) is -3.49. The van der Waals surface area contributed by atoms with Crippen molar-refractivity contribution in [2.24, 2.45) is 0 Å². The summed E-state index contributed by atoms with van der Waals surface area (Å²) in [5, 5.41) is 0. The number of hydrogen-bond acceptors (Lipinski definition) is 4. The summed E-state index contributed by atoms with van der Waals surface area (Å²) in [4.78, 5) is 0.201. The third kappa shape index (κ3) is 2.76. The lowest BCUT2D eigenvalue weighted by atomic mass is 10.3. The van der Waals surface area contributed by atoms with Crippen LogP contribution in [0.3, 0.4) is 0 Å². The molecule has 0 bridgehead atoms. The maximum Gasteiger partial charge on any atom is 0.240 e. The van der Waals surface area contributed by atoms with Crippen molar-refractivity contribution in [2.75, 3.05) is 13.2 Å². The first-order chi connectivity index (χ1) is 8.53. The van der Waals surface area contributed by atoms with Gasteiger partial charge in [0.1, 0.15) is 13.2 Å². The number of ether oxygens (including phenoxy) is 2. The van der Waals surface area contributed by atoms with Gasteiger partial charge in [-0.1, -0.05) is 6.92 Å². The largest absolute Gasteiger partial charge is 0.486 e. The molecule has 1 aliphatic heterocycles. The van der Waals surface area contributed by atoms with E-state index in [1.165, 1.54) is 12.1 Å². The van der Waals surface area contributed by atoms with E-state index in [-0.39, 0.29) is 10.9 Å². The summed E-state index contributed by atoms with van der Waals surface area (Å²) in [6, 6.07) is 4.56. The molecule has 0 saturated carbocycles. The van der Waals surface area contributed by atoms with Crippen LogP contribution in [0.1, 0.15) is 20.3 Å². The second-order valence-corrected chi connectivity index (χ2v) is 5.95. The highest BCUT2D eigenvalue weighted by Crippen LogP contribution is 2.32. The van der Waals surface area contributed by atoms with Crippen molar-refractivity contribution >= 4 is 10.0 Å². The Morgan fingerprint density at radius 2 is 1.94 bits per heavy atom. The second-order valence-electron chi connectivity index (χ2n) is 4.24. The zero-order valence-corrected chi connectivity index (χ0v) is 11.3. The molecule has 0 aliphatic carbocycles. The van der Waals surface area contributed by atoms with Gasteiger partial charge in [-0.25, -0.2) is 13.1 Å². The van der Waals surface area contributed by atoms with Gasteiger partial charge in [0.15, 0.2) is 11.5 Å². The first-order valence-electron chi connectivity index (χ1n) is 5.95. The lowest BCUT2D eigenvalue weighted by molar-refractivity contribution is 0.171. The molecule has 1 aromatic rings. The van der Waals surface area contributed by atoms with Crippen molar-refractivity contribution in [2.45, 2.75) is 31.2 Å². The number of rotatable bonds is 4. The van der Waals surface area contributed by atoms with Crippen LogP contribution in [0.5, 0.6) is 11.5 Å². The van der Waals surface area contributed by atoms with Crippen molar-refractivity contribution in [3.63, 3.8) is 0 Å². The smallest absolute Gasteiger partial charge is 0.240 e. The van der Waals surface area contributed by atoms with Gasteiger partial charge in [-0.15, -0.1) is 0 Å². The highest BCUT2D eigenvalue weighted by molar-refractivity contribution is 7.89. The Morgan fingerprint density at radius 3 is 2.61 bits per heavy atom. The van der Waals surface area contributed by atoms with E-state index < -0.39 is 10.0 Å². The van der Waals surface area contributed by atoms with Crippen LogP contribution in [-0.4, -0.2) is 27.7 Å². The summed E-state index contributed by atoms with van der Waals surface area (Å²) in [6.45, 7) is 4.69. The standard InChI is InChI=1S/C12H17NO4S/c1-3-9(2)13-18(14,15)10-4-5-11-12(8-10)17-7-6-16-11/h4-5,8-9,13H,3,6-7H2,1-2H3/t9-/m1/s1. The van der Waals surface area contributed by atoms with Gasteiger partial charge in [0.05, 0.1) is 4.90 Å². The Kier molecular flexibility index (Phi) is 3.77. The van der Waals surface area contributed by atoms with Crippen molar-refractivity contribution in [1.29, 1.82) is 0 Å². The fourth-order valence-corrected chi connectivity index (χ4v) is 2.95. The van der Waals surface area contributed by atoms with Crippen LogP contribution in [0.2, 0.25) is 0 Å². The number of hydrogen-bond donors (Lipinski definition) is 1. The van der Waals surface area contributed by atoms with Gasteiger partial charge in [0.25, 0.3) is 0 Å². The molecule has 100 valence electrons. The average molecular weight is 271 g/mol. The molecule has 0 saturated heterocycles. The highest BCUT2D eigenvalue weighted by Gasteiger charge is 2.20. The monoisotopic (exact) mass is 271 g/mol. The Labute approximate surface area is 107 Å². The van der Waals surface area contributed by atoms with Crippen LogP contribution in [0, 0.1) is 0 Å². The lowest BCUT2D eigenvalue weighted by Crippen LogP contribution is -2.32. The van der Waals surface area contributed by atoms with Gasteiger partial charge in [0, 0.05) is 12.1 Å². The molecule has 0 aromatic heterocycles. The normalized spacial score (nSPS) is 16.3. The molecule has 1 aromatic carbocycles. The fraction of sp³-hybridized carbons (Fsp3) is 0.500. The molecule has 1 heterocycles.